The maximum Gasteiger partial charge on any atom is 0.128 e. The number of nitrogen functional groups attached to an aromatic ring is 1. The molecule has 2 rings (SSSR count). The first-order chi connectivity index (χ1) is 8.99. The molecule has 0 saturated carbocycles. The first kappa shape index (κ1) is 14.3. The van der Waals surface area contributed by atoms with E-state index >= 15 is 0 Å². The van der Waals surface area contributed by atoms with Gasteiger partial charge in [0.15, 0.2) is 0 Å². The van der Waals surface area contributed by atoms with Crippen molar-refractivity contribution in [3.05, 3.63) is 57.8 Å². The van der Waals surface area contributed by atoms with E-state index in [1.807, 2.05) is 0 Å². The van der Waals surface area contributed by atoms with Crippen molar-refractivity contribution >= 4 is 39.7 Å². The van der Waals surface area contributed by atoms with Crippen molar-refractivity contribution in [3.63, 3.8) is 0 Å². The van der Waals surface area contributed by atoms with Crippen LogP contribution in [0.5, 0.6) is 0 Å². The molecule has 0 bridgehead atoms. The molecule has 0 radical (unpaired) electrons. The monoisotopic (exact) mass is 317 g/mol. The lowest BCUT2D eigenvalue weighted by Gasteiger charge is -2.08. The maximum absolute atomic E-state index is 13.6. The number of nitrogens with two attached hydrogens (primary N) is 1. The van der Waals surface area contributed by atoms with Gasteiger partial charge in [-0.2, -0.15) is 0 Å². The Bertz CT molecular complexity index is 628. The smallest absolute Gasteiger partial charge is 0.128 e. The van der Waals surface area contributed by atoms with Gasteiger partial charge in [0.25, 0.3) is 0 Å². The minimum atomic E-state index is -1.48. The quantitative estimate of drug-likeness (QED) is 0.869. The van der Waals surface area contributed by atoms with E-state index in [4.69, 9.17) is 28.9 Å². The number of halogens is 3. The number of hydrogen-bond acceptors (Lipinski definition) is 2. The molecule has 0 heterocycles. The fourth-order valence-electron chi connectivity index (χ4n) is 1.61. The Kier molecular flexibility index (Phi) is 4.45. The summed E-state index contributed by atoms with van der Waals surface area (Å²) in [5.41, 5.74) is 6.28. The van der Waals surface area contributed by atoms with Gasteiger partial charge >= 0.3 is 0 Å². The average molecular weight is 318 g/mol. The van der Waals surface area contributed by atoms with Crippen LogP contribution in [0.1, 0.15) is 5.56 Å². The highest BCUT2D eigenvalue weighted by Crippen LogP contribution is 2.26. The van der Waals surface area contributed by atoms with E-state index in [0.29, 0.717) is 15.6 Å². The molecule has 1 unspecified atom stereocenters. The highest BCUT2D eigenvalue weighted by atomic mass is 35.5. The lowest BCUT2D eigenvalue weighted by Crippen LogP contribution is -2.03. The predicted octanol–water partition coefficient (Wildman–Crippen LogP) is 4.02. The molecule has 0 aliphatic carbocycles. The summed E-state index contributed by atoms with van der Waals surface area (Å²) in [5, 5.41) is 0.711. The molecule has 0 aliphatic heterocycles. The summed E-state index contributed by atoms with van der Waals surface area (Å²) in [6.45, 7) is 0. The summed E-state index contributed by atoms with van der Waals surface area (Å²) in [5.74, 6) is -0.509. The second-order valence-electron chi connectivity index (χ2n) is 3.87. The van der Waals surface area contributed by atoms with E-state index in [9.17, 15) is 8.60 Å². The van der Waals surface area contributed by atoms with Gasteiger partial charge in [-0.1, -0.05) is 29.3 Å². The summed E-state index contributed by atoms with van der Waals surface area (Å²) >= 11 is 11.7. The van der Waals surface area contributed by atoms with Crippen LogP contribution in [0.3, 0.4) is 0 Å². The maximum atomic E-state index is 13.6. The standard InChI is InChI=1S/C13H10Cl2FNOS/c14-8-4-5-13(12(17)6-8)19(18)7-9-10(15)2-1-3-11(9)16/h1-6H,7,17H2. The zero-order valence-electron chi connectivity index (χ0n) is 9.70. The van der Waals surface area contributed by atoms with Crippen LogP contribution >= 0.6 is 23.2 Å². The van der Waals surface area contributed by atoms with Gasteiger partial charge in [-0.05, 0) is 30.3 Å². The fourth-order valence-corrected chi connectivity index (χ4v) is 3.35. The Morgan fingerprint density at radius 1 is 1.21 bits per heavy atom. The van der Waals surface area contributed by atoms with E-state index in [2.05, 4.69) is 0 Å². The molecule has 2 N–H and O–H groups in total. The Balaban J connectivity index is 2.31. The molecule has 0 fully saturated rings. The van der Waals surface area contributed by atoms with Crippen molar-refractivity contribution in [3.8, 4) is 0 Å². The van der Waals surface area contributed by atoms with Crippen molar-refractivity contribution in [2.24, 2.45) is 0 Å². The second kappa shape index (κ2) is 5.90. The summed E-state index contributed by atoms with van der Waals surface area (Å²) in [4.78, 5) is 0.420. The van der Waals surface area contributed by atoms with Crippen LogP contribution < -0.4 is 5.73 Å². The van der Waals surface area contributed by atoms with Crippen LogP contribution in [0, 0.1) is 5.82 Å². The Morgan fingerprint density at radius 2 is 1.95 bits per heavy atom. The van der Waals surface area contributed by atoms with Crippen molar-refractivity contribution in [1.82, 2.24) is 0 Å². The van der Waals surface area contributed by atoms with Gasteiger partial charge in [-0.25, -0.2) is 4.39 Å². The van der Waals surface area contributed by atoms with Gasteiger partial charge in [0.05, 0.1) is 21.4 Å². The summed E-state index contributed by atoms with van der Waals surface area (Å²) in [7, 11) is -1.48. The van der Waals surface area contributed by atoms with Crippen LogP contribution in [-0.2, 0) is 16.6 Å². The number of rotatable bonds is 3. The van der Waals surface area contributed by atoms with Crippen LogP contribution in [-0.4, -0.2) is 4.21 Å². The lowest BCUT2D eigenvalue weighted by molar-refractivity contribution is 0.615. The normalized spacial score (nSPS) is 12.4. The molecule has 0 spiro atoms. The van der Waals surface area contributed by atoms with Gasteiger partial charge in [-0.15, -0.1) is 0 Å². The van der Waals surface area contributed by atoms with Crippen LogP contribution in [0.25, 0.3) is 0 Å². The molecule has 0 amide bonds. The minimum absolute atomic E-state index is 0.0304. The highest BCUT2D eigenvalue weighted by Gasteiger charge is 2.14. The van der Waals surface area contributed by atoms with Crippen molar-refractivity contribution in [1.29, 1.82) is 0 Å². The summed E-state index contributed by atoms with van der Waals surface area (Å²) in [6, 6.07) is 9.02. The van der Waals surface area contributed by atoms with E-state index < -0.39 is 16.6 Å². The highest BCUT2D eigenvalue weighted by molar-refractivity contribution is 7.84. The van der Waals surface area contributed by atoms with E-state index in [0.717, 1.165) is 0 Å². The predicted molar refractivity (Wildman–Crippen MR) is 77.4 cm³/mol. The lowest BCUT2D eigenvalue weighted by atomic mass is 10.2. The van der Waals surface area contributed by atoms with Crippen LogP contribution in [0.4, 0.5) is 10.1 Å². The largest absolute Gasteiger partial charge is 0.398 e. The zero-order valence-corrected chi connectivity index (χ0v) is 12.0. The summed E-state index contributed by atoms with van der Waals surface area (Å²) in [6.07, 6.45) is 0. The molecule has 0 aromatic heterocycles. The number of hydrogen-bond donors (Lipinski definition) is 1. The van der Waals surface area contributed by atoms with Gasteiger partial charge in [0.2, 0.25) is 0 Å². The Labute approximate surface area is 122 Å². The first-order valence-corrected chi connectivity index (χ1v) is 7.43. The molecule has 1 atom stereocenters. The first-order valence-electron chi connectivity index (χ1n) is 5.35. The molecule has 2 nitrogen and oxygen atoms in total. The van der Waals surface area contributed by atoms with Gasteiger partial charge in [0, 0.05) is 21.3 Å². The molecular weight excluding hydrogens is 308 g/mol. The van der Waals surface area contributed by atoms with Crippen molar-refractivity contribution in [2.45, 2.75) is 10.6 Å². The Hall–Kier alpha value is -1.10. The third-order valence-corrected chi connectivity index (χ3v) is 4.56. The fraction of sp³-hybridized carbons (Fsp3) is 0.0769. The second-order valence-corrected chi connectivity index (χ2v) is 6.14. The third kappa shape index (κ3) is 3.26. The molecule has 6 heteroatoms. The number of benzene rings is 2. The average Bonchev–Trinajstić information content (AvgIpc) is 2.33. The van der Waals surface area contributed by atoms with E-state index in [1.165, 1.54) is 18.2 Å². The molecule has 0 aliphatic rings. The topological polar surface area (TPSA) is 43.1 Å². The van der Waals surface area contributed by atoms with Crippen LogP contribution in [0.2, 0.25) is 10.0 Å². The minimum Gasteiger partial charge on any atom is -0.398 e. The SMILES string of the molecule is Nc1cc(Cl)ccc1S(=O)Cc1c(F)cccc1Cl. The molecular formula is C13H10Cl2FNOS. The molecule has 100 valence electrons. The number of anilines is 1. The van der Waals surface area contributed by atoms with Crippen molar-refractivity contribution < 1.29 is 8.60 Å². The van der Waals surface area contributed by atoms with E-state index in [1.54, 1.807) is 18.2 Å². The molecule has 0 saturated heterocycles. The zero-order chi connectivity index (χ0) is 14.0. The van der Waals surface area contributed by atoms with E-state index in [-0.39, 0.29) is 16.3 Å². The third-order valence-electron chi connectivity index (χ3n) is 2.55. The Morgan fingerprint density at radius 3 is 2.58 bits per heavy atom. The van der Waals surface area contributed by atoms with Gasteiger partial charge in [-0.3, -0.25) is 4.21 Å². The van der Waals surface area contributed by atoms with Gasteiger partial charge in [0.1, 0.15) is 5.82 Å². The molecule has 2 aromatic carbocycles. The molecule has 2 aromatic rings. The molecule has 19 heavy (non-hydrogen) atoms. The van der Waals surface area contributed by atoms with Crippen molar-refractivity contribution in [2.75, 3.05) is 5.73 Å². The summed E-state index contributed by atoms with van der Waals surface area (Å²) < 4.78 is 25.8. The van der Waals surface area contributed by atoms with Gasteiger partial charge < -0.3 is 5.73 Å². The van der Waals surface area contributed by atoms with Crippen LogP contribution in [0.15, 0.2) is 41.3 Å².